The van der Waals surface area contributed by atoms with Gasteiger partial charge in [-0.1, -0.05) is 72.3 Å². The molecule has 11 nitrogen and oxygen atoms in total. The number of anilines is 1. The number of hydrogen-bond acceptors (Lipinski definition) is 7. The summed E-state index contributed by atoms with van der Waals surface area (Å²) in [6.45, 7) is 0.153. The minimum atomic E-state index is -5.08. The Bertz CT molecular complexity index is 1640. The Hall–Kier alpha value is -4.95. The number of carbonyl (C=O) groups is 5. The number of amides is 4. The molecule has 0 aromatic heterocycles. The topological polar surface area (TPSA) is 145 Å². The number of rotatable bonds is 8. The number of methoxy groups -OCH3 is 1. The third kappa shape index (κ3) is 7.94. The second-order valence-electron chi connectivity index (χ2n) is 11.2. The van der Waals surface area contributed by atoms with Crippen LogP contribution in [-0.2, 0) is 36.9 Å². The summed E-state index contributed by atoms with van der Waals surface area (Å²) in [4.78, 5) is 66.1. The molecular weight excluding hydrogens is 657 g/mol. The average Bonchev–Trinajstić information content (AvgIpc) is 3.51. The summed E-state index contributed by atoms with van der Waals surface area (Å²) in [7, 11) is 2.87. The van der Waals surface area contributed by atoms with E-state index in [0.29, 0.717) is 10.7 Å². The monoisotopic (exact) mass is 688 g/mol. The fraction of sp³-hybridized carbons (Fsp3) is 0.303. The number of benzene rings is 3. The highest BCUT2D eigenvalue weighted by molar-refractivity contribution is 6.30. The highest BCUT2D eigenvalue weighted by atomic mass is 35.5. The number of nitrogens with one attached hydrogen (secondary N) is 2. The van der Waals surface area contributed by atoms with E-state index in [1.807, 2.05) is 60.7 Å². The van der Waals surface area contributed by atoms with Crippen molar-refractivity contribution in [3.05, 3.63) is 101 Å². The molecule has 4 amide bonds. The van der Waals surface area contributed by atoms with Crippen LogP contribution >= 0.6 is 11.6 Å². The van der Waals surface area contributed by atoms with Crippen LogP contribution in [0.4, 0.5) is 23.7 Å². The van der Waals surface area contributed by atoms with Gasteiger partial charge in [0, 0.05) is 36.8 Å². The SMILES string of the molecule is COC(=O)[C@]1(Cc2ccccc2)N[C@H](CN(C)C(=O)Nc2ccc(Cl)cc2)[C@@H]2C(=O)N(Cc3ccccc3)C(=O)[C@@H]21.O=C(O)C(F)(F)F. The summed E-state index contributed by atoms with van der Waals surface area (Å²) in [5, 5.41) is 13.8. The molecule has 2 aliphatic heterocycles. The van der Waals surface area contributed by atoms with E-state index < -0.39 is 53.5 Å². The van der Waals surface area contributed by atoms with E-state index in [1.165, 1.54) is 16.9 Å². The van der Waals surface area contributed by atoms with Crippen molar-refractivity contribution < 1.29 is 47.0 Å². The third-order valence-electron chi connectivity index (χ3n) is 8.06. The maximum absolute atomic E-state index is 14.0. The molecule has 4 atom stereocenters. The summed E-state index contributed by atoms with van der Waals surface area (Å²) in [6, 6.07) is 24.1. The number of urea groups is 1. The van der Waals surface area contributed by atoms with Gasteiger partial charge in [0.25, 0.3) is 0 Å². The molecule has 0 aliphatic carbocycles. The number of likely N-dealkylation sites (N-methyl/N-ethyl adjacent to an activating group) is 1. The quantitative estimate of drug-likeness (QED) is 0.234. The number of aliphatic carboxylic acids is 1. The Balaban J connectivity index is 0.000000671. The number of ether oxygens (including phenoxy) is 1. The summed E-state index contributed by atoms with van der Waals surface area (Å²) in [5.41, 5.74) is 0.653. The zero-order valence-corrected chi connectivity index (χ0v) is 26.5. The number of nitrogens with zero attached hydrogens (tertiary/aromatic N) is 2. The number of esters is 1. The van der Waals surface area contributed by atoms with Gasteiger partial charge in [0.2, 0.25) is 11.8 Å². The molecule has 0 saturated carbocycles. The predicted molar refractivity (Wildman–Crippen MR) is 168 cm³/mol. The van der Waals surface area contributed by atoms with Crippen LogP contribution in [0.2, 0.25) is 5.02 Å². The normalized spacial score (nSPS) is 21.5. The Morgan fingerprint density at radius 3 is 2.02 bits per heavy atom. The molecule has 0 unspecified atom stereocenters. The summed E-state index contributed by atoms with van der Waals surface area (Å²) in [6.07, 6.45) is -4.95. The van der Waals surface area contributed by atoms with Crippen LogP contribution in [-0.4, -0.2) is 83.1 Å². The molecule has 3 aromatic carbocycles. The van der Waals surface area contributed by atoms with Crippen molar-refractivity contribution in [2.24, 2.45) is 11.8 Å². The van der Waals surface area contributed by atoms with E-state index in [0.717, 1.165) is 11.1 Å². The fourth-order valence-electron chi connectivity index (χ4n) is 5.91. The molecule has 2 aliphatic rings. The van der Waals surface area contributed by atoms with Crippen LogP contribution in [0, 0.1) is 11.8 Å². The standard InChI is InChI=1S/C31H31ClN4O5.C2HF3O2/c1-35(30(40)33-23-15-13-22(32)14-16-23)19-24-25-26(28(38)36(27(25)37)18-21-11-7-4-8-12-21)31(34-24,29(39)41-2)17-20-9-5-3-6-10-20;3-2(4,5)1(6)7/h3-16,24-26,34H,17-19H2,1-2H3,(H,33,40);(H,6,7)/t24-,25+,26-,31-;/m1./s1. The Labute approximate surface area is 278 Å². The maximum Gasteiger partial charge on any atom is 0.490 e. The Morgan fingerprint density at radius 2 is 1.50 bits per heavy atom. The van der Waals surface area contributed by atoms with Crippen molar-refractivity contribution in [1.29, 1.82) is 0 Å². The van der Waals surface area contributed by atoms with Gasteiger partial charge >= 0.3 is 24.1 Å². The van der Waals surface area contributed by atoms with E-state index in [2.05, 4.69) is 10.6 Å². The van der Waals surface area contributed by atoms with Gasteiger partial charge in [-0.2, -0.15) is 13.2 Å². The van der Waals surface area contributed by atoms with Crippen LogP contribution in [0.25, 0.3) is 0 Å². The molecular formula is C33H32ClF3N4O7. The van der Waals surface area contributed by atoms with E-state index >= 15 is 0 Å². The van der Waals surface area contributed by atoms with E-state index in [4.69, 9.17) is 26.2 Å². The van der Waals surface area contributed by atoms with Crippen LogP contribution in [0.1, 0.15) is 11.1 Å². The van der Waals surface area contributed by atoms with Gasteiger partial charge in [0.15, 0.2) is 0 Å². The third-order valence-corrected chi connectivity index (χ3v) is 8.32. The number of carboxylic acids is 1. The van der Waals surface area contributed by atoms with Gasteiger partial charge in [-0.15, -0.1) is 0 Å². The van der Waals surface area contributed by atoms with Gasteiger partial charge in [0.1, 0.15) is 5.54 Å². The zero-order valence-electron chi connectivity index (χ0n) is 25.7. The molecule has 0 radical (unpaired) electrons. The van der Waals surface area contributed by atoms with Crippen molar-refractivity contribution in [3.63, 3.8) is 0 Å². The summed E-state index contributed by atoms with van der Waals surface area (Å²) in [5.74, 6) is -6.09. The lowest BCUT2D eigenvalue weighted by Gasteiger charge is -2.33. The first-order chi connectivity index (χ1) is 22.7. The minimum absolute atomic E-state index is 0.0618. The van der Waals surface area contributed by atoms with E-state index in [9.17, 15) is 32.3 Å². The van der Waals surface area contributed by atoms with Gasteiger partial charge < -0.3 is 20.1 Å². The van der Waals surface area contributed by atoms with Crippen LogP contribution in [0.3, 0.4) is 0 Å². The largest absolute Gasteiger partial charge is 0.490 e. The van der Waals surface area contributed by atoms with Crippen molar-refractivity contribution in [2.45, 2.75) is 30.7 Å². The fourth-order valence-corrected chi connectivity index (χ4v) is 6.04. The first-order valence-electron chi connectivity index (χ1n) is 14.5. The molecule has 3 aromatic rings. The smallest absolute Gasteiger partial charge is 0.475 e. The van der Waals surface area contributed by atoms with Crippen LogP contribution in [0.15, 0.2) is 84.9 Å². The summed E-state index contributed by atoms with van der Waals surface area (Å²) < 4.78 is 37.0. The molecule has 5 rings (SSSR count). The van der Waals surface area contributed by atoms with Gasteiger partial charge in [-0.3, -0.25) is 24.6 Å². The highest BCUT2D eigenvalue weighted by Crippen LogP contribution is 2.45. The maximum atomic E-state index is 14.0. The number of halogens is 4. The first-order valence-corrected chi connectivity index (χ1v) is 14.9. The van der Waals surface area contributed by atoms with Crippen LogP contribution < -0.4 is 10.6 Å². The summed E-state index contributed by atoms with van der Waals surface area (Å²) >= 11 is 5.95. The molecule has 2 fully saturated rings. The molecule has 0 bridgehead atoms. The average molecular weight is 689 g/mol. The van der Waals surface area contributed by atoms with Gasteiger partial charge in [0.05, 0.1) is 25.5 Å². The molecule has 2 saturated heterocycles. The molecule has 3 N–H and O–H groups in total. The molecule has 254 valence electrons. The van der Waals surface area contributed by atoms with Crippen molar-refractivity contribution >= 4 is 47.1 Å². The van der Waals surface area contributed by atoms with Crippen molar-refractivity contribution in [2.75, 3.05) is 26.0 Å². The van der Waals surface area contributed by atoms with Gasteiger partial charge in [-0.25, -0.2) is 9.59 Å². The number of hydrogen-bond donors (Lipinski definition) is 3. The number of carboxylic acid groups (broad SMARTS) is 1. The number of imide groups is 1. The van der Waals surface area contributed by atoms with Gasteiger partial charge in [-0.05, 0) is 35.4 Å². The molecule has 2 heterocycles. The van der Waals surface area contributed by atoms with E-state index in [-0.39, 0.29) is 25.4 Å². The highest BCUT2D eigenvalue weighted by Gasteiger charge is 2.68. The first kappa shape index (κ1) is 35.9. The second-order valence-corrected chi connectivity index (χ2v) is 11.7. The lowest BCUT2D eigenvalue weighted by atomic mass is 9.76. The lowest BCUT2D eigenvalue weighted by molar-refractivity contribution is -0.192. The lowest BCUT2D eigenvalue weighted by Crippen LogP contribution is -2.59. The second kappa shape index (κ2) is 14.9. The number of fused-ring (bicyclic) bond motifs is 1. The van der Waals surface area contributed by atoms with Crippen LogP contribution in [0.5, 0.6) is 0 Å². The molecule has 0 spiro atoms. The van der Waals surface area contributed by atoms with Crippen molar-refractivity contribution in [3.8, 4) is 0 Å². The Kier molecular flexibility index (Phi) is 11.1. The van der Waals surface area contributed by atoms with E-state index in [1.54, 1.807) is 31.3 Å². The predicted octanol–water partition coefficient (Wildman–Crippen LogP) is 4.36. The Morgan fingerprint density at radius 1 is 0.958 bits per heavy atom. The zero-order chi connectivity index (χ0) is 35.2. The number of alkyl halides is 3. The number of carbonyl (C=O) groups excluding carboxylic acids is 4. The number of likely N-dealkylation sites (tertiary alicyclic amines) is 1. The minimum Gasteiger partial charge on any atom is -0.475 e. The molecule has 48 heavy (non-hydrogen) atoms. The molecule has 15 heteroatoms. The van der Waals surface area contributed by atoms with Crippen molar-refractivity contribution in [1.82, 2.24) is 15.1 Å².